The molecule has 1 aromatic carbocycles. The Labute approximate surface area is 85.6 Å². The van der Waals surface area contributed by atoms with Gasteiger partial charge in [0.25, 0.3) is 6.47 Å². The van der Waals surface area contributed by atoms with Gasteiger partial charge in [-0.2, -0.15) is 0 Å². The SMILES string of the molecule is CCCCc1ccc(C)cc1.O=CO. The van der Waals surface area contributed by atoms with Crippen LogP contribution in [0.2, 0.25) is 0 Å². The van der Waals surface area contributed by atoms with Gasteiger partial charge in [0.05, 0.1) is 0 Å². The van der Waals surface area contributed by atoms with Crippen molar-refractivity contribution in [2.75, 3.05) is 0 Å². The number of carboxylic acid groups (broad SMARTS) is 1. The highest BCUT2D eigenvalue weighted by Gasteiger charge is 1.90. The van der Waals surface area contributed by atoms with Gasteiger partial charge in [-0.3, -0.25) is 4.79 Å². The molecule has 1 N–H and O–H groups in total. The number of carbonyl (C=O) groups is 1. The molecule has 0 aromatic heterocycles. The summed E-state index contributed by atoms with van der Waals surface area (Å²) in [4.78, 5) is 8.36. The zero-order valence-corrected chi connectivity index (χ0v) is 8.86. The average Bonchev–Trinajstić information content (AvgIpc) is 2.18. The molecule has 14 heavy (non-hydrogen) atoms. The minimum Gasteiger partial charge on any atom is -0.483 e. The van der Waals surface area contributed by atoms with Gasteiger partial charge in [0, 0.05) is 0 Å². The Kier molecular flexibility index (Phi) is 7.52. The van der Waals surface area contributed by atoms with Crippen molar-refractivity contribution in [2.45, 2.75) is 33.1 Å². The van der Waals surface area contributed by atoms with E-state index in [-0.39, 0.29) is 6.47 Å². The Morgan fingerprint density at radius 3 is 2.21 bits per heavy atom. The van der Waals surface area contributed by atoms with Gasteiger partial charge in [-0.15, -0.1) is 0 Å². The van der Waals surface area contributed by atoms with E-state index in [1.165, 1.54) is 30.4 Å². The molecule has 1 aromatic rings. The van der Waals surface area contributed by atoms with Crippen LogP contribution >= 0.6 is 0 Å². The summed E-state index contributed by atoms with van der Waals surface area (Å²) in [6.07, 6.45) is 3.83. The van der Waals surface area contributed by atoms with Gasteiger partial charge in [0.15, 0.2) is 0 Å². The van der Waals surface area contributed by atoms with E-state index in [0.29, 0.717) is 0 Å². The Morgan fingerprint density at radius 2 is 1.79 bits per heavy atom. The van der Waals surface area contributed by atoms with Gasteiger partial charge in [0.1, 0.15) is 0 Å². The molecule has 1 rings (SSSR count). The van der Waals surface area contributed by atoms with E-state index in [2.05, 4.69) is 38.1 Å². The molecule has 0 heterocycles. The molecule has 0 saturated carbocycles. The molecule has 2 heteroatoms. The zero-order valence-electron chi connectivity index (χ0n) is 8.86. The second-order valence-corrected chi connectivity index (χ2v) is 3.19. The Hall–Kier alpha value is -1.31. The number of hydrogen-bond donors (Lipinski definition) is 1. The van der Waals surface area contributed by atoms with Crippen molar-refractivity contribution in [1.29, 1.82) is 0 Å². The topological polar surface area (TPSA) is 37.3 Å². The largest absolute Gasteiger partial charge is 0.483 e. The summed E-state index contributed by atoms with van der Waals surface area (Å²) >= 11 is 0. The van der Waals surface area contributed by atoms with Gasteiger partial charge in [0.2, 0.25) is 0 Å². The standard InChI is InChI=1S/C11H16.CH2O2/c1-3-4-5-11-8-6-10(2)7-9-11;2-1-3/h6-9H,3-5H2,1-2H3;1H,(H,2,3). The number of aryl methyl sites for hydroxylation is 2. The summed E-state index contributed by atoms with van der Waals surface area (Å²) in [7, 11) is 0. The second-order valence-electron chi connectivity index (χ2n) is 3.19. The van der Waals surface area contributed by atoms with Crippen molar-refractivity contribution >= 4 is 6.47 Å². The minimum absolute atomic E-state index is 0.250. The number of hydrogen-bond acceptors (Lipinski definition) is 1. The van der Waals surface area contributed by atoms with Crippen LogP contribution in [0, 0.1) is 6.92 Å². The van der Waals surface area contributed by atoms with Crippen molar-refractivity contribution in [2.24, 2.45) is 0 Å². The maximum absolute atomic E-state index is 8.36. The van der Waals surface area contributed by atoms with E-state index in [0.717, 1.165) is 0 Å². The Balaban J connectivity index is 0.000000500. The Morgan fingerprint density at radius 1 is 1.29 bits per heavy atom. The molecule has 0 radical (unpaired) electrons. The number of benzene rings is 1. The first kappa shape index (κ1) is 12.7. The lowest BCUT2D eigenvalue weighted by Crippen LogP contribution is -1.83. The quantitative estimate of drug-likeness (QED) is 0.751. The lowest BCUT2D eigenvalue weighted by Gasteiger charge is -1.99. The van der Waals surface area contributed by atoms with E-state index in [4.69, 9.17) is 9.90 Å². The summed E-state index contributed by atoms with van der Waals surface area (Å²) in [5, 5.41) is 6.89. The number of unbranched alkanes of at least 4 members (excludes halogenated alkanes) is 1. The normalized spacial score (nSPS) is 8.71. The maximum atomic E-state index is 8.36. The lowest BCUT2D eigenvalue weighted by atomic mass is 10.1. The predicted molar refractivity (Wildman–Crippen MR) is 58.5 cm³/mol. The molecule has 0 amide bonds. The Bertz CT molecular complexity index is 239. The van der Waals surface area contributed by atoms with Gasteiger partial charge in [-0.25, -0.2) is 0 Å². The van der Waals surface area contributed by atoms with Crippen molar-refractivity contribution in [3.05, 3.63) is 35.4 Å². The lowest BCUT2D eigenvalue weighted by molar-refractivity contribution is -0.122. The van der Waals surface area contributed by atoms with Crippen molar-refractivity contribution in [3.63, 3.8) is 0 Å². The van der Waals surface area contributed by atoms with Crippen LogP contribution in [-0.2, 0) is 11.2 Å². The predicted octanol–water partition coefficient (Wildman–Crippen LogP) is 3.04. The maximum Gasteiger partial charge on any atom is 0.290 e. The fraction of sp³-hybridized carbons (Fsp3) is 0.417. The van der Waals surface area contributed by atoms with Crippen LogP contribution in [0.3, 0.4) is 0 Å². The molecular weight excluding hydrogens is 176 g/mol. The third-order valence-electron chi connectivity index (χ3n) is 1.94. The molecule has 78 valence electrons. The highest BCUT2D eigenvalue weighted by molar-refractivity contribution is 5.32. The van der Waals surface area contributed by atoms with E-state index in [1.54, 1.807) is 0 Å². The molecule has 0 fully saturated rings. The zero-order chi connectivity index (χ0) is 10.8. The summed E-state index contributed by atoms with van der Waals surface area (Å²) in [5.41, 5.74) is 2.82. The molecular formula is C12H18O2. The second kappa shape index (κ2) is 8.30. The van der Waals surface area contributed by atoms with Crippen LogP contribution < -0.4 is 0 Å². The van der Waals surface area contributed by atoms with Crippen molar-refractivity contribution in [1.82, 2.24) is 0 Å². The molecule has 0 aliphatic carbocycles. The van der Waals surface area contributed by atoms with E-state index in [1.807, 2.05) is 0 Å². The molecule has 2 nitrogen and oxygen atoms in total. The molecule has 0 aliphatic rings. The van der Waals surface area contributed by atoms with Gasteiger partial charge in [-0.1, -0.05) is 43.2 Å². The van der Waals surface area contributed by atoms with Crippen LogP contribution in [0.1, 0.15) is 30.9 Å². The molecule has 0 aliphatic heterocycles. The molecule has 0 spiro atoms. The monoisotopic (exact) mass is 194 g/mol. The summed E-state index contributed by atoms with van der Waals surface area (Å²) in [5.74, 6) is 0. The van der Waals surface area contributed by atoms with Crippen LogP contribution in [0.4, 0.5) is 0 Å². The third kappa shape index (κ3) is 6.23. The highest BCUT2D eigenvalue weighted by Crippen LogP contribution is 2.06. The van der Waals surface area contributed by atoms with Crippen LogP contribution in [0.25, 0.3) is 0 Å². The van der Waals surface area contributed by atoms with Crippen LogP contribution in [-0.4, -0.2) is 11.6 Å². The van der Waals surface area contributed by atoms with E-state index < -0.39 is 0 Å². The van der Waals surface area contributed by atoms with Crippen LogP contribution in [0.5, 0.6) is 0 Å². The average molecular weight is 194 g/mol. The third-order valence-corrected chi connectivity index (χ3v) is 1.94. The first-order chi connectivity index (χ1) is 6.74. The van der Waals surface area contributed by atoms with Gasteiger partial charge in [-0.05, 0) is 25.3 Å². The highest BCUT2D eigenvalue weighted by atomic mass is 16.3. The summed E-state index contributed by atoms with van der Waals surface area (Å²) in [6.45, 7) is 4.11. The van der Waals surface area contributed by atoms with Gasteiger partial charge >= 0.3 is 0 Å². The van der Waals surface area contributed by atoms with E-state index in [9.17, 15) is 0 Å². The molecule has 0 saturated heterocycles. The van der Waals surface area contributed by atoms with Crippen LogP contribution in [0.15, 0.2) is 24.3 Å². The van der Waals surface area contributed by atoms with Gasteiger partial charge < -0.3 is 5.11 Å². The smallest absolute Gasteiger partial charge is 0.290 e. The van der Waals surface area contributed by atoms with Crippen molar-refractivity contribution in [3.8, 4) is 0 Å². The fourth-order valence-corrected chi connectivity index (χ4v) is 1.14. The molecule has 0 bridgehead atoms. The first-order valence-corrected chi connectivity index (χ1v) is 4.88. The number of rotatable bonds is 3. The summed E-state index contributed by atoms with van der Waals surface area (Å²) < 4.78 is 0. The fourth-order valence-electron chi connectivity index (χ4n) is 1.14. The minimum atomic E-state index is -0.250. The summed E-state index contributed by atoms with van der Waals surface area (Å²) in [6, 6.07) is 8.83. The molecule has 0 unspecified atom stereocenters. The van der Waals surface area contributed by atoms with Crippen molar-refractivity contribution < 1.29 is 9.90 Å². The van der Waals surface area contributed by atoms with E-state index >= 15 is 0 Å². The first-order valence-electron chi connectivity index (χ1n) is 4.88. The molecule has 0 atom stereocenters.